The molecule has 0 bridgehead atoms. The Labute approximate surface area is 93.4 Å². The summed E-state index contributed by atoms with van der Waals surface area (Å²) in [6.07, 6.45) is 1.21. The van der Waals surface area contributed by atoms with Gasteiger partial charge in [-0.25, -0.2) is 0 Å². The van der Waals surface area contributed by atoms with Crippen molar-refractivity contribution in [3.63, 3.8) is 0 Å². The van der Waals surface area contributed by atoms with Crippen LogP contribution < -0.4 is 10.6 Å². The number of carbonyl (C=O) groups excluding carboxylic acids is 1. The maximum absolute atomic E-state index is 10.6. The molecular formula is C11H25N3O. The molecule has 0 heterocycles. The molecule has 0 atom stereocenters. The van der Waals surface area contributed by atoms with E-state index in [-0.39, 0.29) is 5.91 Å². The van der Waals surface area contributed by atoms with Crippen LogP contribution in [-0.2, 0) is 4.79 Å². The third-order valence-electron chi connectivity index (χ3n) is 2.27. The number of hydrogen-bond acceptors (Lipinski definition) is 3. The number of nitrogens with one attached hydrogen (secondary N) is 2. The summed E-state index contributed by atoms with van der Waals surface area (Å²) in [6.45, 7) is 11.9. The molecule has 90 valence electrons. The summed E-state index contributed by atoms with van der Waals surface area (Å²) in [5, 5.41) is 6.07. The molecular weight excluding hydrogens is 190 g/mol. The first-order valence-corrected chi connectivity index (χ1v) is 5.88. The maximum Gasteiger partial charge on any atom is 0.216 e. The lowest BCUT2D eigenvalue weighted by Crippen LogP contribution is -2.36. The van der Waals surface area contributed by atoms with E-state index in [1.807, 2.05) is 0 Å². The predicted molar refractivity (Wildman–Crippen MR) is 64.0 cm³/mol. The van der Waals surface area contributed by atoms with Crippen molar-refractivity contribution in [3.8, 4) is 0 Å². The molecule has 0 aliphatic carbocycles. The van der Waals surface area contributed by atoms with Gasteiger partial charge in [0.2, 0.25) is 5.91 Å². The van der Waals surface area contributed by atoms with Gasteiger partial charge in [-0.05, 0) is 19.5 Å². The zero-order valence-electron chi connectivity index (χ0n) is 10.3. The molecule has 0 aromatic rings. The van der Waals surface area contributed by atoms with E-state index in [4.69, 9.17) is 0 Å². The van der Waals surface area contributed by atoms with Crippen molar-refractivity contribution < 1.29 is 4.79 Å². The molecule has 0 aromatic carbocycles. The summed E-state index contributed by atoms with van der Waals surface area (Å²) in [4.78, 5) is 13.0. The van der Waals surface area contributed by atoms with Gasteiger partial charge in [-0.2, -0.15) is 0 Å². The van der Waals surface area contributed by atoms with E-state index >= 15 is 0 Å². The van der Waals surface area contributed by atoms with Gasteiger partial charge in [-0.15, -0.1) is 0 Å². The van der Waals surface area contributed by atoms with Crippen molar-refractivity contribution >= 4 is 5.91 Å². The molecule has 0 aliphatic heterocycles. The first-order chi connectivity index (χ1) is 7.20. The first-order valence-electron chi connectivity index (χ1n) is 5.88. The molecule has 0 aliphatic rings. The Morgan fingerprint density at radius 1 is 1.13 bits per heavy atom. The van der Waals surface area contributed by atoms with E-state index in [0.29, 0.717) is 0 Å². The second kappa shape index (κ2) is 9.93. The first kappa shape index (κ1) is 14.4. The normalized spacial score (nSPS) is 10.7. The summed E-state index contributed by atoms with van der Waals surface area (Å²) < 4.78 is 0. The highest BCUT2D eigenvalue weighted by molar-refractivity contribution is 5.72. The van der Waals surface area contributed by atoms with E-state index < -0.39 is 0 Å². The Morgan fingerprint density at radius 3 is 2.40 bits per heavy atom. The highest BCUT2D eigenvalue weighted by Gasteiger charge is 1.99. The Bertz CT molecular complexity index is 162. The van der Waals surface area contributed by atoms with Gasteiger partial charge in [0.1, 0.15) is 0 Å². The van der Waals surface area contributed by atoms with Crippen LogP contribution >= 0.6 is 0 Å². The van der Waals surface area contributed by atoms with Gasteiger partial charge in [0.15, 0.2) is 0 Å². The highest BCUT2D eigenvalue weighted by atomic mass is 16.1. The van der Waals surface area contributed by atoms with Crippen molar-refractivity contribution in [2.45, 2.75) is 27.2 Å². The fourth-order valence-corrected chi connectivity index (χ4v) is 1.43. The van der Waals surface area contributed by atoms with Gasteiger partial charge in [0.25, 0.3) is 0 Å². The van der Waals surface area contributed by atoms with Crippen LogP contribution in [0.5, 0.6) is 0 Å². The number of hydrogen-bond donors (Lipinski definition) is 2. The van der Waals surface area contributed by atoms with Crippen molar-refractivity contribution in [2.24, 2.45) is 0 Å². The SMILES string of the molecule is CCCN(CC)CCNCCNC(C)=O. The van der Waals surface area contributed by atoms with Crippen molar-refractivity contribution in [1.82, 2.24) is 15.5 Å². The zero-order valence-corrected chi connectivity index (χ0v) is 10.3. The summed E-state index contributed by atoms with van der Waals surface area (Å²) in [6, 6.07) is 0. The van der Waals surface area contributed by atoms with Gasteiger partial charge in [0.05, 0.1) is 0 Å². The Kier molecular flexibility index (Phi) is 9.52. The molecule has 0 rings (SSSR count). The average molecular weight is 215 g/mol. The van der Waals surface area contributed by atoms with Crippen LogP contribution in [0.4, 0.5) is 0 Å². The largest absolute Gasteiger partial charge is 0.355 e. The van der Waals surface area contributed by atoms with Crippen LogP contribution in [0.2, 0.25) is 0 Å². The monoisotopic (exact) mass is 215 g/mol. The van der Waals surface area contributed by atoms with E-state index in [1.54, 1.807) is 6.92 Å². The molecule has 1 amide bonds. The summed E-state index contributed by atoms with van der Waals surface area (Å²) >= 11 is 0. The second-order valence-electron chi connectivity index (χ2n) is 3.67. The van der Waals surface area contributed by atoms with Gasteiger partial charge in [-0.3, -0.25) is 4.79 Å². The Morgan fingerprint density at radius 2 is 1.87 bits per heavy atom. The minimum Gasteiger partial charge on any atom is -0.355 e. The Balaban J connectivity index is 3.24. The van der Waals surface area contributed by atoms with Crippen molar-refractivity contribution in [1.29, 1.82) is 0 Å². The number of likely N-dealkylation sites (N-methyl/N-ethyl adjacent to an activating group) is 1. The quantitative estimate of drug-likeness (QED) is 0.549. The third-order valence-corrected chi connectivity index (χ3v) is 2.27. The maximum atomic E-state index is 10.6. The van der Waals surface area contributed by atoms with E-state index in [9.17, 15) is 4.79 Å². The van der Waals surface area contributed by atoms with Gasteiger partial charge in [-0.1, -0.05) is 13.8 Å². The van der Waals surface area contributed by atoms with E-state index in [1.165, 1.54) is 13.0 Å². The van der Waals surface area contributed by atoms with Crippen LogP contribution in [-0.4, -0.2) is 50.1 Å². The predicted octanol–water partition coefficient (Wildman–Crippen LogP) is 0.444. The third kappa shape index (κ3) is 9.69. The standard InChI is InChI=1S/C11H25N3O/c1-4-9-14(5-2)10-8-12-6-7-13-11(3)15/h12H,4-10H2,1-3H3,(H,13,15). The zero-order chi connectivity index (χ0) is 11.5. The molecule has 0 aromatic heterocycles. The molecule has 0 fully saturated rings. The summed E-state index contributed by atoms with van der Waals surface area (Å²) in [5.74, 6) is 0.0398. The van der Waals surface area contributed by atoms with Crippen molar-refractivity contribution in [2.75, 3.05) is 39.3 Å². The topological polar surface area (TPSA) is 44.4 Å². The van der Waals surface area contributed by atoms with Crippen LogP contribution in [0.1, 0.15) is 27.2 Å². The van der Waals surface area contributed by atoms with Crippen molar-refractivity contribution in [3.05, 3.63) is 0 Å². The van der Waals surface area contributed by atoms with Crippen LogP contribution in [0, 0.1) is 0 Å². The number of nitrogens with zero attached hydrogens (tertiary/aromatic N) is 1. The lowest BCUT2D eigenvalue weighted by molar-refractivity contribution is -0.118. The number of carbonyl (C=O) groups is 1. The molecule has 2 N–H and O–H groups in total. The second-order valence-corrected chi connectivity index (χ2v) is 3.67. The lowest BCUT2D eigenvalue weighted by atomic mass is 10.4. The highest BCUT2D eigenvalue weighted by Crippen LogP contribution is 1.88. The van der Waals surface area contributed by atoms with Crippen LogP contribution in [0.15, 0.2) is 0 Å². The van der Waals surface area contributed by atoms with E-state index in [2.05, 4.69) is 29.4 Å². The Hall–Kier alpha value is -0.610. The lowest BCUT2D eigenvalue weighted by Gasteiger charge is -2.19. The molecule has 15 heavy (non-hydrogen) atoms. The molecule has 0 radical (unpaired) electrons. The molecule has 4 heteroatoms. The minimum absolute atomic E-state index is 0.0398. The average Bonchev–Trinajstić information content (AvgIpc) is 2.21. The fraction of sp³-hybridized carbons (Fsp3) is 0.909. The van der Waals surface area contributed by atoms with Crippen LogP contribution in [0.3, 0.4) is 0 Å². The molecule has 0 unspecified atom stereocenters. The van der Waals surface area contributed by atoms with Gasteiger partial charge in [0, 0.05) is 33.1 Å². The minimum atomic E-state index is 0.0398. The van der Waals surface area contributed by atoms with Gasteiger partial charge >= 0.3 is 0 Å². The molecule has 0 spiro atoms. The van der Waals surface area contributed by atoms with Crippen LogP contribution in [0.25, 0.3) is 0 Å². The number of amides is 1. The molecule has 0 saturated heterocycles. The molecule has 0 saturated carbocycles. The molecule has 4 nitrogen and oxygen atoms in total. The van der Waals surface area contributed by atoms with Gasteiger partial charge < -0.3 is 15.5 Å². The number of rotatable bonds is 9. The summed E-state index contributed by atoms with van der Waals surface area (Å²) in [7, 11) is 0. The van der Waals surface area contributed by atoms with E-state index in [0.717, 1.165) is 32.7 Å². The summed E-state index contributed by atoms with van der Waals surface area (Å²) in [5.41, 5.74) is 0. The fourth-order valence-electron chi connectivity index (χ4n) is 1.43. The smallest absolute Gasteiger partial charge is 0.216 e.